The fourth-order valence-electron chi connectivity index (χ4n) is 3.25. The Morgan fingerprint density at radius 1 is 0.958 bits per heavy atom. The molecule has 1 nitrogen and oxygen atoms in total. The van der Waals surface area contributed by atoms with Gasteiger partial charge in [-0.25, -0.2) is 0 Å². The van der Waals surface area contributed by atoms with E-state index in [1.165, 1.54) is 47.2 Å². The predicted molar refractivity (Wildman–Crippen MR) is 108 cm³/mol. The first-order chi connectivity index (χ1) is 11.7. The van der Waals surface area contributed by atoms with Gasteiger partial charge in [-0.15, -0.1) is 0 Å². The minimum absolute atomic E-state index is 0.631. The third-order valence-corrected chi connectivity index (χ3v) is 5.28. The van der Waals surface area contributed by atoms with Gasteiger partial charge in [0, 0.05) is 15.2 Å². The van der Waals surface area contributed by atoms with Crippen LogP contribution in [0.3, 0.4) is 0 Å². The summed E-state index contributed by atoms with van der Waals surface area (Å²) in [5, 5.41) is 4.86. The van der Waals surface area contributed by atoms with Crippen molar-refractivity contribution in [3.8, 4) is 5.75 Å². The molecule has 0 aliphatic rings. The first-order valence-electron chi connectivity index (χ1n) is 8.96. The number of ether oxygens (including phenoxy) is 1. The van der Waals surface area contributed by atoms with E-state index in [-0.39, 0.29) is 0 Å². The highest BCUT2D eigenvalue weighted by Gasteiger charge is 2.12. The van der Waals surface area contributed by atoms with E-state index in [0.29, 0.717) is 5.92 Å². The van der Waals surface area contributed by atoms with Crippen molar-refractivity contribution in [2.45, 2.75) is 39.5 Å². The molecule has 0 aliphatic carbocycles. The molecule has 0 radical (unpaired) electrons. The van der Waals surface area contributed by atoms with Crippen LogP contribution < -0.4 is 4.74 Å². The fraction of sp³-hybridized carbons (Fsp3) is 0.364. The van der Waals surface area contributed by atoms with Crippen molar-refractivity contribution in [3.63, 3.8) is 0 Å². The highest BCUT2D eigenvalue weighted by molar-refractivity contribution is 9.10. The Morgan fingerprint density at radius 3 is 2.54 bits per heavy atom. The SMILES string of the molecule is CCCCC(CC)COc1c2ccccc2cc2ccc(Br)cc12. The second-order valence-electron chi connectivity index (χ2n) is 6.52. The number of unbranched alkanes of at least 4 members (excludes halogenated alkanes) is 1. The maximum absolute atomic E-state index is 6.42. The third-order valence-electron chi connectivity index (χ3n) is 4.78. The highest BCUT2D eigenvalue weighted by atomic mass is 79.9. The topological polar surface area (TPSA) is 9.23 Å². The van der Waals surface area contributed by atoms with Gasteiger partial charge in [-0.1, -0.05) is 79.4 Å². The Balaban J connectivity index is 2.01. The molecule has 0 fully saturated rings. The lowest BCUT2D eigenvalue weighted by Crippen LogP contribution is -2.11. The molecule has 0 spiro atoms. The van der Waals surface area contributed by atoms with Gasteiger partial charge < -0.3 is 4.74 Å². The van der Waals surface area contributed by atoms with Gasteiger partial charge in [0.05, 0.1) is 6.61 Å². The standard InChI is InChI=1S/C22H25BrO/c1-3-5-8-16(4-2)15-24-22-20-10-7-6-9-17(20)13-18-11-12-19(23)14-21(18)22/h6-7,9-14,16H,3-5,8,15H2,1-2H3. The summed E-state index contributed by atoms with van der Waals surface area (Å²) < 4.78 is 7.51. The van der Waals surface area contributed by atoms with Crippen molar-refractivity contribution in [1.82, 2.24) is 0 Å². The van der Waals surface area contributed by atoms with Gasteiger partial charge in [-0.05, 0) is 41.3 Å². The molecule has 1 atom stereocenters. The normalized spacial score (nSPS) is 12.6. The van der Waals surface area contributed by atoms with E-state index in [2.05, 4.69) is 78.3 Å². The predicted octanol–water partition coefficient (Wildman–Crippen LogP) is 7.35. The largest absolute Gasteiger partial charge is 0.492 e. The molecule has 3 aromatic carbocycles. The molecule has 126 valence electrons. The van der Waals surface area contributed by atoms with E-state index >= 15 is 0 Å². The van der Waals surface area contributed by atoms with Gasteiger partial charge in [-0.3, -0.25) is 0 Å². The molecule has 3 aromatic rings. The van der Waals surface area contributed by atoms with Gasteiger partial charge in [0.1, 0.15) is 5.75 Å². The third kappa shape index (κ3) is 3.75. The molecule has 0 aromatic heterocycles. The van der Waals surface area contributed by atoms with Crippen molar-refractivity contribution in [1.29, 1.82) is 0 Å². The smallest absolute Gasteiger partial charge is 0.134 e. The van der Waals surface area contributed by atoms with Crippen molar-refractivity contribution >= 4 is 37.5 Å². The van der Waals surface area contributed by atoms with Crippen LogP contribution in [0.5, 0.6) is 5.75 Å². The van der Waals surface area contributed by atoms with Crippen LogP contribution in [-0.4, -0.2) is 6.61 Å². The van der Waals surface area contributed by atoms with Crippen LogP contribution in [0, 0.1) is 5.92 Å². The Kier molecular flexibility index (Phi) is 5.78. The number of rotatable bonds is 7. The molecule has 1 unspecified atom stereocenters. The van der Waals surface area contributed by atoms with Crippen molar-refractivity contribution in [3.05, 3.63) is 53.0 Å². The number of benzene rings is 3. The van der Waals surface area contributed by atoms with Crippen LogP contribution in [0.4, 0.5) is 0 Å². The van der Waals surface area contributed by atoms with Crippen LogP contribution in [0.25, 0.3) is 21.5 Å². The van der Waals surface area contributed by atoms with Crippen LogP contribution in [0.1, 0.15) is 39.5 Å². The average Bonchev–Trinajstić information content (AvgIpc) is 2.61. The fourth-order valence-corrected chi connectivity index (χ4v) is 3.61. The average molecular weight is 385 g/mol. The van der Waals surface area contributed by atoms with E-state index in [9.17, 15) is 0 Å². The zero-order chi connectivity index (χ0) is 16.9. The van der Waals surface area contributed by atoms with Crippen LogP contribution in [0.2, 0.25) is 0 Å². The van der Waals surface area contributed by atoms with Gasteiger partial charge in [0.2, 0.25) is 0 Å². The summed E-state index contributed by atoms with van der Waals surface area (Å²) in [6.07, 6.45) is 4.95. The molecule has 0 saturated heterocycles. The summed E-state index contributed by atoms with van der Waals surface area (Å²) >= 11 is 3.60. The zero-order valence-corrected chi connectivity index (χ0v) is 16.1. The second kappa shape index (κ2) is 8.02. The Bertz CT molecular complexity index is 825. The Labute approximate surface area is 153 Å². The Morgan fingerprint density at radius 2 is 1.75 bits per heavy atom. The van der Waals surface area contributed by atoms with E-state index < -0.39 is 0 Å². The van der Waals surface area contributed by atoms with Crippen LogP contribution in [0.15, 0.2) is 53.0 Å². The highest BCUT2D eigenvalue weighted by Crippen LogP contribution is 2.36. The molecule has 0 N–H and O–H groups in total. The summed E-state index contributed by atoms with van der Waals surface area (Å²) in [6, 6.07) is 17.2. The van der Waals surface area contributed by atoms with Crippen molar-refractivity contribution < 1.29 is 4.74 Å². The number of hydrogen-bond acceptors (Lipinski definition) is 1. The van der Waals surface area contributed by atoms with E-state index in [1.54, 1.807) is 0 Å². The lowest BCUT2D eigenvalue weighted by atomic mass is 10.00. The monoisotopic (exact) mass is 384 g/mol. The van der Waals surface area contributed by atoms with E-state index in [1.807, 2.05) is 0 Å². The van der Waals surface area contributed by atoms with Crippen molar-refractivity contribution in [2.75, 3.05) is 6.61 Å². The minimum Gasteiger partial charge on any atom is -0.492 e. The molecule has 24 heavy (non-hydrogen) atoms. The molecule has 0 amide bonds. The quantitative estimate of drug-likeness (QED) is 0.386. The van der Waals surface area contributed by atoms with Gasteiger partial charge in [-0.2, -0.15) is 0 Å². The molecule has 0 heterocycles. The molecular formula is C22H25BrO. The molecule has 0 aliphatic heterocycles. The van der Waals surface area contributed by atoms with Gasteiger partial charge in [0.25, 0.3) is 0 Å². The molecule has 0 bridgehead atoms. The molecule has 2 heteroatoms. The van der Waals surface area contributed by atoms with E-state index in [4.69, 9.17) is 4.74 Å². The summed E-state index contributed by atoms with van der Waals surface area (Å²) in [6.45, 7) is 5.32. The van der Waals surface area contributed by atoms with E-state index in [0.717, 1.165) is 16.8 Å². The first-order valence-corrected chi connectivity index (χ1v) is 9.76. The number of fused-ring (bicyclic) bond motifs is 2. The van der Waals surface area contributed by atoms with Gasteiger partial charge >= 0.3 is 0 Å². The second-order valence-corrected chi connectivity index (χ2v) is 7.44. The minimum atomic E-state index is 0.631. The lowest BCUT2D eigenvalue weighted by molar-refractivity contribution is 0.238. The number of hydrogen-bond donors (Lipinski definition) is 0. The zero-order valence-electron chi connectivity index (χ0n) is 14.5. The molecule has 3 rings (SSSR count). The maximum atomic E-state index is 6.42. The summed E-state index contributed by atoms with van der Waals surface area (Å²) in [4.78, 5) is 0. The lowest BCUT2D eigenvalue weighted by Gasteiger charge is -2.18. The molecule has 0 saturated carbocycles. The molecular weight excluding hydrogens is 360 g/mol. The first kappa shape index (κ1) is 17.3. The summed E-state index contributed by atoms with van der Waals surface area (Å²) in [5.41, 5.74) is 0. The van der Waals surface area contributed by atoms with Gasteiger partial charge in [0.15, 0.2) is 0 Å². The number of halogens is 1. The maximum Gasteiger partial charge on any atom is 0.134 e. The summed E-state index contributed by atoms with van der Waals surface area (Å²) in [7, 11) is 0. The Hall–Kier alpha value is -1.54. The van der Waals surface area contributed by atoms with Crippen molar-refractivity contribution in [2.24, 2.45) is 5.92 Å². The van der Waals surface area contributed by atoms with Crippen LogP contribution >= 0.6 is 15.9 Å². The summed E-state index contributed by atoms with van der Waals surface area (Å²) in [5.74, 6) is 1.66. The van der Waals surface area contributed by atoms with Crippen LogP contribution in [-0.2, 0) is 0 Å².